The molecule has 0 spiro atoms. The normalized spacial score (nSPS) is 42.5. The monoisotopic (exact) mass is 1850 g/mol. The van der Waals surface area contributed by atoms with E-state index in [9.17, 15) is 70.2 Å². The van der Waals surface area contributed by atoms with Gasteiger partial charge in [-0.2, -0.15) is 0 Å². The van der Waals surface area contributed by atoms with Gasteiger partial charge in [-0.05, 0) is 220 Å². The summed E-state index contributed by atoms with van der Waals surface area (Å²) in [4.78, 5) is 61.0. The molecule has 0 saturated carbocycles. The molecular formula is C99H175N5O26. The van der Waals surface area contributed by atoms with Crippen molar-refractivity contribution in [1.82, 2.24) is 25.3 Å². The van der Waals surface area contributed by atoms with Crippen molar-refractivity contribution < 1.29 is 127 Å². The Morgan fingerprint density at radius 2 is 0.877 bits per heavy atom. The number of hydrogen-bond donors (Lipinski definition) is 12. The average molecular weight is 1850 g/mol. The molecule has 37 atom stereocenters. The highest BCUT2D eigenvalue weighted by molar-refractivity contribution is 5.87. The number of allylic oxidation sites excluding steroid dienone is 12. The number of methoxy groups -OCH3 is 2. The van der Waals surface area contributed by atoms with E-state index < -0.39 is 216 Å². The van der Waals surface area contributed by atoms with Crippen molar-refractivity contribution in [2.45, 2.75) is 442 Å². The first-order valence-electron chi connectivity index (χ1n) is 48.0. The molecule has 31 nitrogen and oxygen atoms in total. The number of aliphatic hydroxyl groups excluding tert-OH is 6. The highest BCUT2D eigenvalue weighted by atomic mass is 16.7. The van der Waals surface area contributed by atoms with Crippen molar-refractivity contribution in [2.24, 2.45) is 35.5 Å². The van der Waals surface area contributed by atoms with Gasteiger partial charge in [0, 0.05) is 83.6 Å². The highest BCUT2D eigenvalue weighted by Crippen LogP contribution is 2.44. The molecule has 6 saturated heterocycles. The number of nitrogens with one attached hydrogen (secondary N) is 2. The third-order valence-electron chi connectivity index (χ3n) is 28.2. The highest BCUT2D eigenvalue weighted by Gasteiger charge is 2.57. The van der Waals surface area contributed by atoms with Crippen LogP contribution < -0.4 is 10.6 Å². The Balaban J connectivity index is 0.000000505. The van der Waals surface area contributed by atoms with E-state index in [1.807, 2.05) is 63.7 Å². The SMILES string of the molecule is CC/C=C\C/C=C\C/C=C\C/C=C\C/C=C\C/C=C\CCC(=O)N[C@@H](C)C(=O)N(C)[C@H]1C[C@@H](C)O[C@@H](O[C@@H]2[C@@H](C)[C@H](O[C@H]3C[C@@](C)(OC)[C@@H](O)[C@H](C)O3)[C@@H](C)C(=O)O[C@H](CC)[C@@](C)(O)[C@H](O)[C@@H](C)N(C)C[C@H](C)C[C@@]2(C)O)[C@@H]1O.CC[C@H]1OC(=O)[C@H](C)[C@@H](O[C@H]2C[C@@](C)(OC)[C@@H](O)[C@H](C)O2)[C@H](C)[C@@H](O[C@@H]2O[C@H](C)C[C@H](NC)[C@H]2O)[C@](C)(O)C[C@@H](C)CN(C)[C@H](C)[C@@H](O)[C@]1(C)O. The number of esters is 2. The van der Waals surface area contributed by atoms with Gasteiger partial charge in [0.25, 0.3) is 0 Å². The van der Waals surface area contributed by atoms with Crippen LogP contribution in [0.2, 0.25) is 0 Å². The summed E-state index contributed by atoms with van der Waals surface area (Å²) in [6.45, 7) is 39.2. The van der Waals surface area contributed by atoms with Gasteiger partial charge in [0.15, 0.2) is 25.2 Å². The van der Waals surface area contributed by atoms with Crippen molar-refractivity contribution in [3.8, 4) is 0 Å². The van der Waals surface area contributed by atoms with Gasteiger partial charge in [-0.25, -0.2) is 0 Å². The van der Waals surface area contributed by atoms with Crippen LogP contribution in [0.1, 0.15) is 255 Å². The summed E-state index contributed by atoms with van der Waals surface area (Å²) in [6, 6.07) is -3.22. The average Bonchev–Trinajstić information content (AvgIpc) is 1.29. The fourth-order valence-electron chi connectivity index (χ4n) is 19.8. The molecule has 31 heteroatoms. The van der Waals surface area contributed by atoms with Crippen molar-refractivity contribution in [3.05, 3.63) is 72.9 Å². The third kappa shape index (κ3) is 32.0. The van der Waals surface area contributed by atoms with E-state index in [4.69, 9.17) is 56.8 Å². The molecule has 2 amide bonds. The minimum Gasteiger partial charge on any atom is -0.459 e. The Bertz CT molecular complexity index is 3560. The van der Waals surface area contributed by atoms with Crippen LogP contribution in [0, 0.1) is 35.5 Å². The Kier molecular flexibility index (Phi) is 47.1. The maximum absolute atomic E-state index is 14.5. The standard InChI is InChI=1S/C62H105N3O14.C37H70N2O12/c1-16-18-19-20-21-22-23-24-25-26-27-28-29-30-31-32-33-34-35-36-50(66)63-45(7)57(70)65(14)48-37-42(4)75-59(52(48)67)79-56-43(5)53(78-51-39-61(11,74-15)55(69)47(9)76-51)44(6)58(71)77-49(17-2)62(12,73)54(68)46(8)64(13)40-41(3)38-60(56,10)72;1-14-26-37(10,45)30(41)23(6)39(12)18-19(2)16-35(8,44)32(51-34-28(40)25(38-11)15-20(3)47-34)21(4)29(22(5)33(43)49-26)50-27-17-36(9,46-13)31(42)24(7)48-27/h18-19,21-22,24-25,27-28,30-31,33-34,41-49,51-56,59,67-69,72-73H,16-17,20,23,26,29,32,35-40H2,1-15H3,(H,63,66);19-32,34,38,40-42,44-45H,14-18H2,1-13H3/b19-18-,22-21-,25-24-,28-27-,31-30-,34-33-;/t41-,42-,43+,44-,45+,46-,47+,48+,49-,51+,52-,53+,54-,55+,56-,59+,60-,61-,62-;19-,20-,21+,22-,23-,24+,25+,26-,27+,28-,29+,30-,31+,32-,34+,35-,36-,37-/m11/s1. The second kappa shape index (κ2) is 52.8. The van der Waals surface area contributed by atoms with E-state index in [2.05, 4.69) is 78.3 Å². The molecule has 0 unspecified atom stereocenters. The van der Waals surface area contributed by atoms with Crippen LogP contribution in [-0.2, 0) is 76.0 Å². The molecule has 6 aliphatic rings. The Morgan fingerprint density at radius 1 is 0.515 bits per heavy atom. The lowest BCUT2D eigenvalue weighted by atomic mass is 9.77. The predicted octanol–water partition coefficient (Wildman–Crippen LogP) is 9.34. The Hall–Kier alpha value is -4.60. The van der Waals surface area contributed by atoms with E-state index in [0.29, 0.717) is 25.9 Å². The third-order valence-corrected chi connectivity index (χ3v) is 28.2. The summed E-state index contributed by atoms with van der Waals surface area (Å²) in [5.41, 5.74) is -9.05. The van der Waals surface area contributed by atoms with Crippen LogP contribution >= 0.6 is 0 Å². The van der Waals surface area contributed by atoms with Gasteiger partial charge in [0.1, 0.15) is 66.1 Å². The number of rotatable bonds is 30. The largest absolute Gasteiger partial charge is 0.459 e. The molecule has 0 radical (unpaired) electrons. The van der Waals surface area contributed by atoms with Gasteiger partial charge in [0.2, 0.25) is 11.8 Å². The van der Waals surface area contributed by atoms with Gasteiger partial charge < -0.3 is 133 Å². The molecule has 0 aromatic heterocycles. The maximum Gasteiger partial charge on any atom is 0.311 e. The molecule has 0 bridgehead atoms. The maximum atomic E-state index is 14.5. The summed E-state index contributed by atoms with van der Waals surface area (Å²) < 4.78 is 75.4. The number of likely N-dealkylation sites (N-methyl/N-ethyl adjacent to an activating group) is 4. The van der Waals surface area contributed by atoms with Crippen molar-refractivity contribution in [3.63, 3.8) is 0 Å². The first-order chi connectivity index (χ1) is 60.7. The van der Waals surface area contributed by atoms with Crippen LogP contribution in [0.25, 0.3) is 0 Å². The molecule has 0 aromatic carbocycles. The number of aliphatic hydroxyl groups is 10. The lowest BCUT2D eigenvalue weighted by Crippen LogP contribution is -2.62. The minimum atomic E-state index is -1.87. The summed E-state index contributed by atoms with van der Waals surface area (Å²) in [5, 5.41) is 123. The zero-order valence-electron chi connectivity index (χ0n) is 83.9. The molecule has 0 aliphatic carbocycles. The van der Waals surface area contributed by atoms with Crippen LogP contribution in [0.3, 0.4) is 0 Å². The lowest BCUT2D eigenvalue weighted by Gasteiger charge is -2.49. The Labute approximate surface area is 778 Å². The van der Waals surface area contributed by atoms with Gasteiger partial charge in [-0.15, -0.1) is 0 Å². The number of hydrogen-bond acceptors (Lipinski definition) is 29. The molecule has 6 heterocycles. The summed E-state index contributed by atoms with van der Waals surface area (Å²) in [7, 11) is 9.96. The van der Waals surface area contributed by atoms with Crippen LogP contribution in [-0.4, -0.2) is 332 Å². The van der Waals surface area contributed by atoms with Crippen molar-refractivity contribution >= 4 is 23.8 Å². The fraction of sp³-hybridized carbons (Fsp3) is 0.838. The number of ether oxygens (including phenoxy) is 12. The van der Waals surface area contributed by atoms with E-state index in [0.717, 1.165) is 38.5 Å². The number of amides is 2. The molecule has 752 valence electrons. The second-order valence-electron chi connectivity index (χ2n) is 39.9. The minimum absolute atomic E-state index is 0.0635. The van der Waals surface area contributed by atoms with Crippen LogP contribution in [0.15, 0.2) is 72.9 Å². The van der Waals surface area contributed by atoms with E-state index >= 15 is 0 Å². The quantitative estimate of drug-likeness (QED) is 0.0235. The van der Waals surface area contributed by atoms with Crippen molar-refractivity contribution in [1.29, 1.82) is 0 Å². The number of nitrogens with zero attached hydrogens (tertiary/aromatic N) is 3. The van der Waals surface area contributed by atoms with Crippen LogP contribution in [0.5, 0.6) is 0 Å². The molecular weight excluding hydrogens is 1680 g/mol. The molecule has 12 N–H and O–H groups in total. The van der Waals surface area contributed by atoms with E-state index in [1.165, 1.54) is 33.0 Å². The molecule has 6 fully saturated rings. The summed E-state index contributed by atoms with van der Waals surface area (Å²) >= 11 is 0. The van der Waals surface area contributed by atoms with Gasteiger partial charge in [0.05, 0.1) is 89.1 Å². The fourth-order valence-corrected chi connectivity index (χ4v) is 19.8. The van der Waals surface area contributed by atoms with Crippen molar-refractivity contribution in [2.75, 3.05) is 55.5 Å². The predicted molar refractivity (Wildman–Crippen MR) is 498 cm³/mol. The topological polar surface area (TPSA) is 415 Å². The summed E-state index contributed by atoms with van der Waals surface area (Å²) in [5.74, 6) is -6.31. The molecule has 0 aromatic rings. The number of carbonyl (C=O) groups is 4. The van der Waals surface area contributed by atoms with E-state index in [1.54, 1.807) is 118 Å². The number of carbonyl (C=O) groups excluding carboxylic acids is 4. The first-order valence-corrected chi connectivity index (χ1v) is 48.0. The van der Waals surface area contributed by atoms with Gasteiger partial charge >= 0.3 is 11.9 Å². The van der Waals surface area contributed by atoms with Gasteiger partial charge in [-0.1, -0.05) is 121 Å². The zero-order chi connectivity index (χ0) is 98.1. The van der Waals surface area contributed by atoms with E-state index in [-0.39, 0.29) is 81.3 Å². The molecule has 130 heavy (non-hydrogen) atoms. The first kappa shape index (κ1) is 116. The molecule has 6 aliphatic heterocycles. The smallest absolute Gasteiger partial charge is 0.311 e. The number of cyclic esters (lactones) is 2. The zero-order valence-corrected chi connectivity index (χ0v) is 83.9. The summed E-state index contributed by atoms with van der Waals surface area (Å²) in [6.07, 6.45) is 13.0. The van der Waals surface area contributed by atoms with Gasteiger partial charge in [-0.3, -0.25) is 19.2 Å². The lowest BCUT2D eigenvalue weighted by molar-refractivity contribution is -0.317. The molecule has 6 rings (SSSR count). The Morgan fingerprint density at radius 3 is 1.24 bits per heavy atom. The second-order valence-corrected chi connectivity index (χ2v) is 39.9. The van der Waals surface area contributed by atoms with Crippen LogP contribution in [0.4, 0.5) is 0 Å².